The molecule has 0 spiro atoms. The molecule has 4 rings (SSSR count). The van der Waals surface area contributed by atoms with E-state index in [4.69, 9.17) is 0 Å². The molecule has 2 N–H and O–H groups in total. The molecule has 0 unspecified atom stereocenters. The van der Waals surface area contributed by atoms with E-state index in [1.165, 1.54) is 11.3 Å². The van der Waals surface area contributed by atoms with Crippen LogP contribution in [0.1, 0.15) is 22.3 Å². The highest BCUT2D eigenvalue weighted by Crippen LogP contribution is 2.33. The lowest BCUT2D eigenvalue weighted by atomic mass is 9.97. The summed E-state index contributed by atoms with van der Waals surface area (Å²) in [6, 6.07) is 11.4. The Morgan fingerprint density at radius 3 is 2.96 bits per heavy atom. The zero-order valence-electron chi connectivity index (χ0n) is 12.8. The van der Waals surface area contributed by atoms with Gasteiger partial charge in [0.05, 0.1) is 16.8 Å². The minimum absolute atomic E-state index is 0.276. The van der Waals surface area contributed by atoms with E-state index in [1.807, 2.05) is 0 Å². The molecular weight excluding hydrogens is 290 g/mol. The van der Waals surface area contributed by atoms with Crippen molar-refractivity contribution in [2.45, 2.75) is 12.8 Å². The number of carboxylic acids is 1. The van der Waals surface area contributed by atoms with E-state index in [-0.39, 0.29) is 5.56 Å². The Kier molecular flexibility index (Phi) is 3.08. The highest BCUT2D eigenvalue weighted by molar-refractivity contribution is 5.99. The number of benzene rings is 2. The molecule has 0 fully saturated rings. The van der Waals surface area contributed by atoms with Gasteiger partial charge in [-0.2, -0.15) is 5.10 Å². The van der Waals surface area contributed by atoms with Crippen molar-refractivity contribution in [2.24, 2.45) is 0 Å². The fourth-order valence-electron chi connectivity index (χ4n) is 3.30. The number of aromatic carboxylic acids is 1. The van der Waals surface area contributed by atoms with Crippen LogP contribution in [-0.2, 0) is 6.42 Å². The van der Waals surface area contributed by atoms with Crippen molar-refractivity contribution in [1.82, 2.24) is 10.2 Å². The predicted molar refractivity (Wildman–Crippen MR) is 90.1 cm³/mol. The zero-order chi connectivity index (χ0) is 16.0. The van der Waals surface area contributed by atoms with E-state index in [0.29, 0.717) is 0 Å². The van der Waals surface area contributed by atoms with Gasteiger partial charge < -0.3 is 10.0 Å². The first-order valence-electron chi connectivity index (χ1n) is 7.69. The summed E-state index contributed by atoms with van der Waals surface area (Å²) in [4.78, 5) is 13.5. The molecule has 5 nitrogen and oxygen atoms in total. The largest absolute Gasteiger partial charge is 0.478 e. The summed E-state index contributed by atoms with van der Waals surface area (Å²) in [7, 11) is 2.11. The number of carbonyl (C=O) groups is 1. The first-order valence-corrected chi connectivity index (χ1v) is 7.69. The monoisotopic (exact) mass is 307 g/mol. The Balaban J connectivity index is 1.86. The molecule has 0 atom stereocenters. The Morgan fingerprint density at radius 2 is 2.13 bits per heavy atom. The molecule has 0 bridgehead atoms. The number of nitrogens with zero attached hydrogens (tertiary/aromatic N) is 2. The summed E-state index contributed by atoms with van der Waals surface area (Å²) in [5.74, 6) is -0.925. The van der Waals surface area contributed by atoms with Crippen LogP contribution in [0.5, 0.6) is 0 Å². The van der Waals surface area contributed by atoms with E-state index in [9.17, 15) is 9.90 Å². The summed E-state index contributed by atoms with van der Waals surface area (Å²) < 4.78 is 0. The average molecular weight is 307 g/mol. The van der Waals surface area contributed by atoms with Gasteiger partial charge in [0.1, 0.15) is 0 Å². The summed E-state index contributed by atoms with van der Waals surface area (Å²) in [6.45, 7) is 1.08. The average Bonchev–Trinajstić information content (AvgIpc) is 2.97. The van der Waals surface area contributed by atoms with E-state index in [2.05, 4.69) is 40.3 Å². The summed E-state index contributed by atoms with van der Waals surface area (Å²) in [5.41, 5.74) is 5.54. The molecule has 3 aromatic rings. The number of H-pyrrole nitrogens is 1. The molecule has 5 heteroatoms. The molecular formula is C18H17N3O2. The fraction of sp³-hybridized carbons (Fsp3) is 0.222. The van der Waals surface area contributed by atoms with Crippen LogP contribution < -0.4 is 4.90 Å². The molecule has 1 aliphatic heterocycles. The van der Waals surface area contributed by atoms with Gasteiger partial charge in [-0.25, -0.2) is 4.79 Å². The van der Waals surface area contributed by atoms with Crippen LogP contribution in [-0.4, -0.2) is 34.9 Å². The van der Waals surface area contributed by atoms with Crippen LogP contribution in [0, 0.1) is 0 Å². The van der Waals surface area contributed by atoms with Crippen molar-refractivity contribution in [3.63, 3.8) is 0 Å². The van der Waals surface area contributed by atoms with E-state index in [1.54, 1.807) is 18.2 Å². The van der Waals surface area contributed by atoms with Crippen molar-refractivity contribution in [1.29, 1.82) is 0 Å². The third-order valence-corrected chi connectivity index (χ3v) is 4.51. The predicted octanol–water partition coefficient (Wildman–Crippen LogP) is 3.31. The van der Waals surface area contributed by atoms with Crippen molar-refractivity contribution in [3.8, 4) is 11.3 Å². The molecule has 0 aliphatic carbocycles. The Morgan fingerprint density at radius 1 is 1.26 bits per heavy atom. The van der Waals surface area contributed by atoms with Crippen molar-refractivity contribution < 1.29 is 9.90 Å². The van der Waals surface area contributed by atoms with Gasteiger partial charge in [0.15, 0.2) is 0 Å². The number of hydrogen-bond donors (Lipinski definition) is 2. The smallest absolute Gasteiger partial charge is 0.335 e. The van der Waals surface area contributed by atoms with Gasteiger partial charge >= 0.3 is 5.97 Å². The number of aryl methyl sites for hydroxylation is 1. The van der Waals surface area contributed by atoms with Crippen LogP contribution >= 0.6 is 0 Å². The maximum Gasteiger partial charge on any atom is 0.335 e. The van der Waals surface area contributed by atoms with Crippen LogP contribution in [0.2, 0.25) is 0 Å². The number of aromatic nitrogens is 2. The molecule has 2 aromatic carbocycles. The van der Waals surface area contributed by atoms with Crippen LogP contribution in [0.25, 0.3) is 22.2 Å². The van der Waals surface area contributed by atoms with E-state index in [0.717, 1.165) is 41.5 Å². The maximum absolute atomic E-state index is 11.2. The summed E-state index contributed by atoms with van der Waals surface area (Å²) in [6.07, 6.45) is 2.22. The zero-order valence-corrected chi connectivity index (χ0v) is 12.8. The second-order valence-corrected chi connectivity index (χ2v) is 6.01. The molecule has 116 valence electrons. The number of anilines is 1. The molecule has 0 radical (unpaired) electrons. The first kappa shape index (κ1) is 13.8. The van der Waals surface area contributed by atoms with Gasteiger partial charge in [-0.05, 0) is 48.7 Å². The molecule has 0 saturated heterocycles. The van der Waals surface area contributed by atoms with Crippen LogP contribution in [0.4, 0.5) is 5.69 Å². The van der Waals surface area contributed by atoms with Gasteiger partial charge in [0, 0.05) is 30.2 Å². The second kappa shape index (κ2) is 5.12. The maximum atomic E-state index is 11.2. The number of fused-ring (bicyclic) bond motifs is 2. The molecule has 23 heavy (non-hydrogen) atoms. The molecule has 0 saturated carbocycles. The number of carboxylic acid groups (broad SMARTS) is 1. The van der Waals surface area contributed by atoms with Crippen LogP contribution in [0.15, 0.2) is 36.4 Å². The Labute approximate surface area is 133 Å². The highest BCUT2D eigenvalue weighted by atomic mass is 16.4. The highest BCUT2D eigenvalue weighted by Gasteiger charge is 2.16. The summed E-state index contributed by atoms with van der Waals surface area (Å²) >= 11 is 0. The quantitative estimate of drug-likeness (QED) is 0.762. The minimum Gasteiger partial charge on any atom is -0.478 e. The normalized spacial score (nSPS) is 14.0. The minimum atomic E-state index is -0.925. The number of hydrogen-bond acceptors (Lipinski definition) is 3. The topological polar surface area (TPSA) is 69.2 Å². The molecule has 0 amide bonds. The molecule has 2 heterocycles. The third-order valence-electron chi connectivity index (χ3n) is 4.51. The van der Waals surface area contributed by atoms with Gasteiger partial charge in [-0.15, -0.1) is 0 Å². The second-order valence-electron chi connectivity index (χ2n) is 6.01. The van der Waals surface area contributed by atoms with Crippen molar-refractivity contribution in [2.75, 3.05) is 18.5 Å². The Hall–Kier alpha value is -2.82. The lowest BCUT2D eigenvalue weighted by molar-refractivity contribution is 0.0697. The SMILES string of the molecule is CN1CCCc2cc(-c3n[nH]c4ccc(C(=O)O)cc34)ccc21. The lowest BCUT2D eigenvalue weighted by Crippen LogP contribution is -2.24. The van der Waals surface area contributed by atoms with E-state index >= 15 is 0 Å². The number of nitrogens with one attached hydrogen (secondary N) is 1. The third kappa shape index (κ3) is 2.25. The fourth-order valence-corrected chi connectivity index (χ4v) is 3.30. The Bertz CT molecular complexity index is 914. The standard InChI is InChI=1S/C18H17N3O2/c1-21-8-2-3-11-9-12(5-7-16(11)21)17-14-10-13(18(22)23)4-6-15(14)19-20-17/h4-7,9-10H,2-3,8H2,1H3,(H,19,20)(H,22,23). The lowest BCUT2D eigenvalue weighted by Gasteiger charge is -2.27. The number of aromatic amines is 1. The summed E-state index contributed by atoms with van der Waals surface area (Å²) in [5, 5.41) is 17.4. The van der Waals surface area contributed by atoms with E-state index < -0.39 is 5.97 Å². The van der Waals surface area contributed by atoms with Crippen LogP contribution in [0.3, 0.4) is 0 Å². The van der Waals surface area contributed by atoms with Gasteiger partial charge in [-0.1, -0.05) is 6.07 Å². The molecule has 1 aliphatic rings. The van der Waals surface area contributed by atoms with Gasteiger partial charge in [0.2, 0.25) is 0 Å². The van der Waals surface area contributed by atoms with Crippen molar-refractivity contribution >= 4 is 22.6 Å². The number of rotatable bonds is 2. The van der Waals surface area contributed by atoms with Gasteiger partial charge in [-0.3, -0.25) is 5.10 Å². The van der Waals surface area contributed by atoms with Gasteiger partial charge in [0.25, 0.3) is 0 Å². The van der Waals surface area contributed by atoms with Crippen molar-refractivity contribution in [3.05, 3.63) is 47.5 Å². The first-order chi connectivity index (χ1) is 11.1. The molecule has 1 aromatic heterocycles.